The molecule has 0 unspecified atom stereocenters. The fraction of sp³-hybridized carbons (Fsp3) is 0.133. The lowest BCUT2D eigenvalue weighted by molar-refractivity contribution is -0.609. The zero-order valence-corrected chi connectivity index (χ0v) is 14.5. The summed E-state index contributed by atoms with van der Waals surface area (Å²) in [7, 11) is 0. The van der Waals surface area contributed by atoms with Gasteiger partial charge in [-0.05, 0) is 30.2 Å². The van der Waals surface area contributed by atoms with Crippen LogP contribution in [-0.2, 0) is 0 Å². The topological polar surface area (TPSA) is 109 Å². The monoisotopic (exact) mass is 380 g/mol. The molecular weight excluding hydrogens is 371 g/mol. The summed E-state index contributed by atoms with van der Waals surface area (Å²) in [5.74, 6) is 0.124. The first-order valence-corrected chi connectivity index (χ1v) is 7.73. The third-order valence-electron chi connectivity index (χ3n) is 3.66. The number of rotatable bonds is 3. The van der Waals surface area contributed by atoms with Gasteiger partial charge in [-0.3, -0.25) is 10.1 Å². The van der Waals surface area contributed by atoms with Crippen molar-refractivity contribution in [2.45, 2.75) is 13.8 Å². The first kappa shape index (κ1) is 17.1. The van der Waals surface area contributed by atoms with Crippen molar-refractivity contribution in [3.05, 3.63) is 61.0 Å². The van der Waals surface area contributed by atoms with Crippen LogP contribution in [0.25, 0.3) is 22.8 Å². The first-order chi connectivity index (χ1) is 11.8. The van der Waals surface area contributed by atoms with E-state index in [1.165, 1.54) is 18.2 Å². The molecule has 2 heterocycles. The van der Waals surface area contributed by atoms with Gasteiger partial charge in [0.15, 0.2) is 0 Å². The number of aromatic nitrogens is 3. The Morgan fingerprint density at radius 3 is 2.68 bits per heavy atom. The molecule has 0 aliphatic carbocycles. The van der Waals surface area contributed by atoms with E-state index in [-0.39, 0.29) is 38.8 Å². The van der Waals surface area contributed by atoms with Crippen molar-refractivity contribution in [3.63, 3.8) is 0 Å². The number of nitrogens with zero attached hydrogens (tertiary/aromatic N) is 4. The predicted octanol–water partition coefficient (Wildman–Crippen LogP) is 3.87. The van der Waals surface area contributed by atoms with Gasteiger partial charge in [-0.25, -0.2) is 0 Å². The summed E-state index contributed by atoms with van der Waals surface area (Å²) in [6.07, 6.45) is 0. The molecule has 0 aliphatic heterocycles. The number of nitro benzene ring substituents is 1. The number of hydrogen-bond acceptors (Lipinski definition) is 6. The highest BCUT2D eigenvalue weighted by molar-refractivity contribution is 6.34. The van der Waals surface area contributed by atoms with E-state index in [9.17, 15) is 15.3 Å². The molecule has 3 aromatic rings. The molecule has 1 aromatic carbocycles. The highest BCUT2D eigenvalue weighted by Gasteiger charge is 2.26. The van der Waals surface area contributed by atoms with E-state index in [0.717, 1.165) is 0 Å². The Morgan fingerprint density at radius 1 is 1.28 bits per heavy atom. The summed E-state index contributed by atoms with van der Waals surface area (Å²) in [5, 5.41) is 26.9. The quantitative estimate of drug-likeness (QED) is 0.224. The lowest BCUT2D eigenvalue weighted by Gasteiger charge is -2.10. The average molecular weight is 381 g/mol. The lowest BCUT2D eigenvalue weighted by atomic mass is 10.1. The Balaban J connectivity index is 2.12. The third-order valence-corrected chi connectivity index (χ3v) is 4.56. The summed E-state index contributed by atoms with van der Waals surface area (Å²) in [4.78, 5) is 14.5. The normalized spacial score (nSPS) is 10.9. The second-order valence-corrected chi connectivity index (χ2v) is 5.95. The van der Waals surface area contributed by atoms with Crippen LogP contribution in [0.4, 0.5) is 5.69 Å². The number of hydrogen-bond donors (Lipinski definition) is 0. The second-order valence-electron chi connectivity index (χ2n) is 5.22. The van der Waals surface area contributed by atoms with E-state index in [1.54, 1.807) is 19.9 Å². The van der Waals surface area contributed by atoms with E-state index >= 15 is 0 Å². The van der Waals surface area contributed by atoms with E-state index in [2.05, 4.69) is 10.1 Å². The van der Waals surface area contributed by atoms with Gasteiger partial charge >= 0.3 is 0 Å². The van der Waals surface area contributed by atoms with Gasteiger partial charge in [0.2, 0.25) is 11.5 Å². The SMILES string of the molecule is Cc1c(Cl)c(C)[n+]([O-])c(Cl)c1-c1noc(-c2cccc([N+](=O)[O-])c2)n1. The fourth-order valence-corrected chi connectivity index (χ4v) is 2.85. The van der Waals surface area contributed by atoms with Gasteiger partial charge in [-0.15, -0.1) is 0 Å². The highest BCUT2D eigenvalue weighted by atomic mass is 35.5. The molecule has 0 bridgehead atoms. The van der Waals surface area contributed by atoms with Crippen LogP contribution < -0.4 is 4.73 Å². The van der Waals surface area contributed by atoms with Crippen molar-refractivity contribution in [2.24, 2.45) is 0 Å². The minimum Gasteiger partial charge on any atom is -0.617 e. The van der Waals surface area contributed by atoms with Crippen LogP contribution >= 0.6 is 23.2 Å². The first-order valence-electron chi connectivity index (χ1n) is 6.98. The van der Waals surface area contributed by atoms with Crippen LogP contribution in [0.3, 0.4) is 0 Å². The minimum atomic E-state index is -0.526. The Bertz CT molecular complexity index is 974. The number of pyridine rings is 1. The Morgan fingerprint density at radius 2 is 2.00 bits per heavy atom. The summed E-state index contributed by atoms with van der Waals surface area (Å²) in [6.45, 7) is 3.22. The van der Waals surface area contributed by atoms with Crippen molar-refractivity contribution in [1.29, 1.82) is 0 Å². The molecule has 0 saturated heterocycles. The maximum Gasteiger partial charge on any atom is 0.298 e. The molecule has 3 rings (SSSR count). The molecule has 0 spiro atoms. The van der Waals surface area contributed by atoms with Gasteiger partial charge in [0.1, 0.15) is 10.6 Å². The molecule has 8 nitrogen and oxygen atoms in total. The van der Waals surface area contributed by atoms with Crippen molar-refractivity contribution < 1.29 is 14.2 Å². The van der Waals surface area contributed by atoms with Crippen molar-refractivity contribution in [3.8, 4) is 22.8 Å². The molecule has 128 valence electrons. The Hall–Kier alpha value is -2.71. The molecule has 10 heteroatoms. The summed E-state index contributed by atoms with van der Waals surface area (Å²) in [6, 6.07) is 5.75. The zero-order valence-electron chi connectivity index (χ0n) is 13.0. The molecule has 25 heavy (non-hydrogen) atoms. The third kappa shape index (κ3) is 2.90. The van der Waals surface area contributed by atoms with Gasteiger partial charge in [0, 0.05) is 24.6 Å². The van der Waals surface area contributed by atoms with Gasteiger partial charge in [-0.2, -0.15) is 9.71 Å². The lowest BCUT2D eigenvalue weighted by Crippen LogP contribution is -2.33. The standard InChI is InChI=1S/C15H10Cl2N4O4/c1-7-11(13(17)20(22)8(2)12(7)16)14-18-15(25-19-14)9-4-3-5-10(6-9)21(23)24/h3-6H,1-2H3. The van der Waals surface area contributed by atoms with Crippen LogP contribution in [0.2, 0.25) is 10.2 Å². The molecule has 2 aromatic heterocycles. The molecule has 0 fully saturated rings. The van der Waals surface area contributed by atoms with Gasteiger partial charge in [0.25, 0.3) is 16.7 Å². The Kier molecular flexibility index (Phi) is 4.32. The summed E-state index contributed by atoms with van der Waals surface area (Å²) in [5.41, 5.74) is 1.29. The number of halogens is 2. The van der Waals surface area contributed by atoms with Crippen LogP contribution in [0.15, 0.2) is 28.8 Å². The number of benzene rings is 1. The Labute approximate surface area is 151 Å². The maximum absolute atomic E-state index is 12.1. The minimum absolute atomic E-state index is 0.0586. The van der Waals surface area contributed by atoms with Gasteiger partial charge < -0.3 is 9.73 Å². The van der Waals surface area contributed by atoms with E-state index in [1.807, 2.05) is 0 Å². The maximum atomic E-state index is 12.1. The van der Waals surface area contributed by atoms with Gasteiger partial charge in [-0.1, -0.05) is 22.8 Å². The van der Waals surface area contributed by atoms with Crippen LogP contribution in [0.1, 0.15) is 11.3 Å². The second kappa shape index (κ2) is 6.30. The summed E-state index contributed by atoms with van der Waals surface area (Å²) >= 11 is 12.3. The van der Waals surface area contributed by atoms with Crippen molar-refractivity contribution in [2.75, 3.05) is 0 Å². The molecule has 0 N–H and O–H groups in total. The largest absolute Gasteiger partial charge is 0.617 e. The fourth-order valence-electron chi connectivity index (χ4n) is 2.33. The van der Waals surface area contributed by atoms with E-state index in [4.69, 9.17) is 27.7 Å². The number of non-ortho nitro benzene ring substituents is 1. The number of nitro groups is 1. The molecular formula is C15H10Cl2N4O4. The average Bonchev–Trinajstić information content (AvgIpc) is 3.08. The summed E-state index contributed by atoms with van der Waals surface area (Å²) < 4.78 is 5.64. The molecule has 0 radical (unpaired) electrons. The molecule has 0 atom stereocenters. The van der Waals surface area contributed by atoms with Crippen molar-refractivity contribution >= 4 is 28.9 Å². The zero-order chi connectivity index (χ0) is 18.3. The van der Waals surface area contributed by atoms with Crippen LogP contribution in [0.5, 0.6) is 0 Å². The molecule has 0 amide bonds. The van der Waals surface area contributed by atoms with Gasteiger partial charge in [0.05, 0.1) is 4.92 Å². The van der Waals surface area contributed by atoms with E-state index in [0.29, 0.717) is 15.9 Å². The van der Waals surface area contributed by atoms with Crippen LogP contribution in [0, 0.1) is 29.2 Å². The van der Waals surface area contributed by atoms with Crippen LogP contribution in [-0.4, -0.2) is 15.1 Å². The highest BCUT2D eigenvalue weighted by Crippen LogP contribution is 2.34. The van der Waals surface area contributed by atoms with E-state index < -0.39 is 4.92 Å². The van der Waals surface area contributed by atoms with Crippen molar-refractivity contribution in [1.82, 2.24) is 10.1 Å². The smallest absolute Gasteiger partial charge is 0.298 e. The molecule has 0 saturated carbocycles. The molecule has 0 aliphatic rings. The predicted molar refractivity (Wildman–Crippen MR) is 90.3 cm³/mol.